The Morgan fingerprint density at radius 3 is 1.89 bits per heavy atom. The van der Waals surface area contributed by atoms with Crippen molar-refractivity contribution in [2.45, 2.75) is 48.0 Å². The molecule has 1 amide bonds. The monoisotopic (exact) mass is 265 g/mol. The summed E-state index contributed by atoms with van der Waals surface area (Å²) >= 11 is 0. The van der Waals surface area contributed by atoms with Crippen molar-refractivity contribution in [3.05, 3.63) is 49.2 Å². The molecule has 0 N–H and O–H groups in total. The van der Waals surface area contributed by atoms with Crippen molar-refractivity contribution in [1.82, 2.24) is 4.90 Å². The van der Waals surface area contributed by atoms with Gasteiger partial charge in [0.2, 0.25) is 5.91 Å². The van der Waals surface area contributed by atoms with Crippen LogP contribution in [0.4, 0.5) is 0 Å². The predicted molar refractivity (Wildman–Crippen MR) is 88.0 cm³/mol. The first-order valence-corrected chi connectivity index (χ1v) is 7.13. The van der Waals surface area contributed by atoms with E-state index < -0.39 is 0 Å². The van der Waals surface area contributed by atoms with E-state index >= 15 is 0 Å². The van der Waals surface area contributed by atoms with Gasteiger partial charge in [0, 0.05) is 18.7 Å². The van der Waals surface area contributed by atoms with Crippen LogP contribution in [0.5, 0.6) is 0 Å². The Labute approximate surface area is 120 Å². The van der Waals surface area contributed by atoms with Crippen LogP contribution in [-0.4, -0.2) is 17.4 Å². The van der Waals surface area contributed by atoms with E-state index in [2.05, 4.69) is 13.2 Å². The second kappa shape index (κ2) is 18.8. The molecule has 0 fully saturated rings. The van der Waals surface area contributed by atoms with E-state index in [0.717, 1.165) is 5.70 Å². The molecule has 0 saturated carbocycles. The minimum absolute atomic E-state index is 0.110. The van der Waals surface area contributed by atoms with Gasteiger partial charge < -0.3 is 4.90 Å². The number of carbonyl (C=O) groups excluding carboxylic acids is 1. The standard InChI is InChI=1S/C13H19NO.2C2H6/c1-5-9-11-12(10-6-2)14(8-4)13(15)7-3;2*1-2/h5-6,9-11H,1-2,7-8H2,3-4H3;2*1-2H3/b11-9-,12-10+;;. The maximum absolute atomic E-state index is 11.6. The van der Waals surface area contributed by atoms with Gasteiger partial charge in [-0.05, 0) is 19.1 Å². The van der Waals surface area contributed by atoms with E-state index in [-0.39, 0.29) is 5.91 Å². The predicted octanol–water partition coefficient (Wildman–Crippen LogP) is 5.11. The molecule has 0 aromatic rings. The molecule has 2 heteroatoms. The highest BCUT2D eigenvalue weighted by Gasteiger charge is 2.11. The molecule has 2 nitrogen and oxygen atoms in total. The third-order valence-electron chi connectivity index (χ3n) is 1.92. The number of carbonyl (C=O) groups is 1. The minimum atomic E-state index is 0.110. The molecule has 0 radical (unpaired) electrons. The van der Waals surface area contributed by atoms with Gasteiger partial charge in [-0.2, -0.15) is 0 Å². The van der Waals surface area contributed by atoms with Crippen LogP contribution >= 0.6 is 0 Å². The van der Waals surface area contributed by atoms with Gasteiger partial charge in [-0.15, -0.1) is 0 Å². The first-order valence-electron chi connectivity index (χ1n) is 7.13. The molecule has 19 heavy (non-hydrogen) atoms. The third kappa shape index (κ3) is 11.3. The molecule has 0 saturated heterocycles. The summed E-state index contributed by atoms with van der Waals surface area (Å²) in [6.45, 7) is 19.7. The van der Waals surface area contributed by atoms with Crippen molar-refractivity contribution >= 4 is 5.91 Å². The highest BCUT2D eigenvalue weighted by Crippen LogP contribution is 2.08. The van der Waals surface area contributed by atoms with Gasteiger partial charge in [0.1, 0.15) is 0 Å². The Kier molecular flexibility index (Phi) is 22.3. The van der Waals surface area contributed by atoms with Crippen LogP contribution in [0.1, 0.15) is 48.0 Å². The highest BCUT2D eigenvalue weighted by atomic mass is 16.2. The summed E-state index contributed by atoms with van der Waals surface area (Å²) in [6, 6.07) is 0. The number of likely N-dealkylation sites (N-methyl/N-ethyl adjacent to an activating group) is 1. The summed E-state index contributed by atoms with van der Waals surface area (Å²) in [4.78, 5) is 13.3. The van der Waals surface area contributed by atoms with Crippen molar-refractivity contribution in [2.75, 3.05) is 6.54 Å². The molecular weight excluding hydrogens is 234 g/mol. The van der Waals surface area contributed by atoms with Crippen LogP contribution in [0, 0.1) is 0 Å². The number of rotatable bonds is 6. The Hall–Kier alpha value is -1.57. The van der Waals surface area contributed by atoms with Gasteiger partial charge in [0.15, 0.2) is 0 Å². The van der Waals surface area contributed by atoms with Gasteiger partial charge in [0.25, 0.3) is 0 Å². The van der Waals surface area contributed by atoms with E-state index in [1.165, 1.54) is 0 Å². The number of nitrogens with zero attached hydrogens (tertiary/aromatic N) is 1. The first-order chi connectivity index (χ1) is 9.21. The molecule has 0 aromatic heterocycles. The van der Waals surface area contributed by atoms with E-state index in [1.54, 1.807) is 23.1 Å². The van der Waals surface area contributed by atoms with E-state index in [0.29, 0.717) is 13.0 Å². The van der Waals surface area contributed by atoms with Crippen molar-refractivity contribution in [3.63, 3.8) is 0 Å². The van der Waals surface area contributed by atoms with E-state index in [1.807, 2.05) is 53.7 Å². The molecule has 0 aliphatic rings. The minimum Gasteiger partial charge on any atom is -0.313 e. The van der Waals surface area contributed by atoms with Crippen LogP contribution in [0.3, 0.4) is 0 Å². The molecule has 0 aromatic carbocycles. The molecule has 0 atom stereocenters. The van der Waals surface area contributed by atoms with E-state index in [9.17, 15) is 4.79 Å². The zero-order valence-corrected chi connectivity index (χ0v) is 13.6. The van der Waals surface area contributed by atoms with Gasteiger partial charge in [0.05, 0.1) is 0 Å². The largest absolute Gasteiger partial charge is 0.313 e. The number of amides is 1. The maximum Gasteiger partial charge on any atom is 0.226 e. The van der Waals surface area contributed by atoms with Crippen LogP contribution in [-0.2, 0) is 4.79 Å². The molecule has 0 spiro atoms. The molecule has 0 bridgehead atoms. The van der Waals surface area contributed by atoms with Gasteiger partial charge in [-0.25, -0.2) is 0 Å². The quantitative estimate of drug-likeness (QED) is 0.611. The molecule has 0 aliphatic heterocycles. The van der Waals surface area contributed by atoms with Crippen molar-refractivity contribution in [2.24, 2.45) is 0 Å². The SMILES string of the molecule is C=C/C=C\C(=C/C=C)N(CC)C(=O)CC.CC.CC. The lowest BCUT2D eigenvalue weighted by molar-refractivity contribution is -0.128. The Morgan fingerprint density at radius 2 is 1.58 bits per heavy atom. The van der Waals surface area contributed by atoms with Crippen LogP contribution in [0.15, 0.2) is 49.2 Å². The third-order valence-corrected chi connectivity index (χ3v) is 1.92. The van der Waals surface area contributed by atoms with Crippen LogP contribution in [0.25, 0.3) is 0 Å². The molecule has 0 heterocycles. The van der Waals surface area contributed by atoms with Crippen molar-refractivity contribution in [1.29, 1.82) is 0 Å². The van der Waals surface area contributed by atoms with Crippen molar-refractivity contribution in [3.8, 4) is 0 Å². The lowest BCUT2D eigenvalue weighted by atomic mass is 10.2. The van der Waals surface area contributed by atoms with Crippen LogP contribution < -0.4 is 0 Å². The average Bonchev–Trinajstić information content (AvgIpc) is 2.49. The second-order valence-electron chi connectivity index (χ2n) is 2.91. The Morgan fingerprint density at radius 1 is 1.05 bits per heavy atom. The molecular formula is C17H31NO. The van der Waals surface area contributed by atoms with Crippen LogP contribution in [0.2, 0.25) is 0 Å². The van der Waals surface area contributed by atoms with Crippen molar-refractivity contribution < 1.29 is 4.79 Å². The second-order valence-corrected chi connectivity index (χ2v) is 2.91. The topological polar surface area (TPSA) is 20.3 Å². The summed E-state index contributed by atoms with van der Waals surface area (Å²) in [7, 11) is 0. The fraction of sp³-hybridized carbons (Fsp3) is 0.471. The lowest BCUT2D eigenvalue weighted by Gasteiger charge is -2.21. The van der Waals surface area contributed by atoms with Gasteiger partial charge in [-0.1, -0.05) is 66.0 Å². The fourth-order valence-corrected chi connectivity index (χ4v) is 1.22. The summed E-state index contributed by atoms with van der Waals surface area (Å²) in [5, 5.41) is 0. The smallest absolute Gasteiger partial charge is 0.226 e. The number of allylic oxidation sites excluding steroid dienone is 5. The zero-order valence-electron chi connectivity index (χ0n) is 13.6. The van der Waals surface area contributed by atoms with Gasteiger partial charge in [-0.3, -0.25) is 4.79 Å². The Balaban J connectivity index is -0.000000579. The molecule has 110 valence electrons. The summed E-state index contributed by atoms with van der Waals surface area (Å²) in [6.07, 6.45) is 9.34. The number of hydrogen-bond acceptors (Lipinski definition) is 1. The molecule has 0 rings (SSSR count). The summed E-state index contributed by atoms with van der Waals surface area (Å²) in [5.41, 5.74) is 0.847. The zero-order chi connectivity index (χ0) is 15.7. The lowest BCUT2D eigenvalue weighted by Crippen LogP contribution is -2.28. The summed E-state index contributed by atoms with van der Waals surface area (Å²) in [5.74, 6) is 0.110. The maximum atomic E-state index is 11.6. The fourth-order valence-electron chi connectivity index (χ4n) is 1.22. The number of hydrogen-bond donors (Lipinski definition) is 0. The Bertz CT molecular complexity index is 288. The molecule has 0 aliphatic carbocycles. The molecule has 0 unspecified atom stereocenters. The highest BCUT2D eigenvalue weighted by molar-refractivity contribution is 5.78. The first kappa shape index (κ1) is 22.6. The average molecular weight is 265 g/mol. The van der Waals surface area contributed by atoms with E-state index in [4.69, 9.17) is 0 Å². The normalized spacial score (nSPS) is 9.68. The van der Waals surface area contributed by atoms with Gasteiger partial charge >= 0.3 is 0 Å². The summed E-state index contributed by atoms with van der Waals surface area (Å²) < 4.78 is 0.